The Morgan fingerprint density at radius 2 is 1.83 bits per heavy atom. The molecule has 0 radical (unpaired) electrons. The fraction of sp³-hybridized carbons (Fsp3) is 0.278. The smallest absolute Gasteiger partial charge is 0.235 e. The van der Waals surface area contributed by atoms with Crippen LogP contribution in [0.1, 0.15) is 18.1 Å². The summed E-state index contributed by atoms with van der Waals surface area (Å²) in [4.78, 5) is 12.1. The second-order valence-corrected chi connectivity index (χ2v) is 6.98. The largest absolute Gasteiger partial charge is 0.497 e. The second kappa shape index (κ2) is 8.48. The van der Waals surface area contributed by atoms with Crippen molar-refractivity contribution in [2.75, 3.05) is 7.11 Å². The molecule has 0 saturated carbocycles. The zero-order valence-corrected chi connectivity index (χ0v) is 14.1. The molecule has 0 saturated heterocycles. The minimum Gasteiger partial charge on any atom is -0.497 e. The van der Waals surface area contributed by atoms with E-state index in [4.69, 9.17) is 4.74 Å². The molecular weight excluding hydrogens is 310 g/mol. The molecule has 0 fully saturated rings. The maximum absolute atomic E-state index is 12.4. The number of rotatable bonds is 7. The van der Waals surface area contributed by atoms with Crippen molar-refractivity contribution < 1.29 is 13.7 Å². The lowest BCUT2D eigenvalue weighted by molar-refractivity contribution is -0.120. The molecule has 2 aromatic rings. The lowest BCUT2D eigenvalue weighted by Gasteiger charge is -2.12. The Hall–Kier alpha value is -2.14. The van der Waals surface area contributed by atoms with Gasteiger partial charge in [-0.15, -0.1) is 0 Å². The SMILES string of the molecule is COc1cccc(C[S@@](=O)[C@H](C)C(=O)NCc2ccccc2)c1. The van der Waals surface area contributed by atoms with E-state index in [2.05, 4.69) is 5.32 Å². The van der Waals surface area contributed by atoms with Gasteiger partial charge < -0.3 is 10.1 Å². The normalized spacial score (nSPS) is 13.1. The van der Waals surface area contributed by atoms with Gasteiger partial charge in [-0.2, -0.15) is 0 Å². The van der Waals surface area contributed by atoms with Crippen LogP contribution in [0.15, 0.2) is 54.6 Å². The third-order valence-electron chi connectivity index (χ3n) is 3.52. The Labute approximate surface area is 139 Å². The van der Waals surface area contributed by atoms with Gasteiger partial charge in [0.1, 0.15) is 11.0 Å². The molecule has 0 bridgehead atoms. The number of hydrogen-bond acceptors (Lipinski definition) is 3. The highest BCUT2D eigenvalue weighted by Crippen LogP contribution is 2.15. The Morgan fingerprint density at radius 3 is 2.52 bits per heavy atom. The van der Waals surface area contributed by atoms with Crippen LogP contribution in [0.25, 0.3) is 0 Å². The van der Waals surface area contributed by atoms with Crippen LogP contribution in [0.3, 0.4) is 0 Å². The van der Waals surface area contributed by atoms with E-state index < -0.39 is 16.0 Å². The van der Waals surface area contributed by atoms with Crippen LogP contribution in [0, 0.1) is 0 Å². The molecule has 1 N–H and O–H groups in total. The monoisotopic (exact) mass is 331 g/mol. The van der Waals surface area contributed by atoms with Crippen LogP contribution < -0.4 is 10.1 Å². The van der Waals surface area contributed by atoms with Gasteiger partial charge in [-0.25, -0.2) is 0 Å². The first kappa shape index (κ1) is 17.2. The van der Waals surface area contributed by atoms with Gasteiger partial charge in [-0.3, -0.25) is 9.00 Å². The predicted octanol–water partition coefficient (Wildman–Crippen LogP) is 2.65. The molecule has 0 unspecified atom stereocenters. The van der Waals surface area contributed by atoms with Crippen LogP contribution in [-0.2, 0) is 27.9 Å². The Morgan fingerprint density at radius 1 is 1.13 bits per heavy atom. The van der Waals surface area contributed by atoms with Gasteiger partial charge in [-0.05, 0) is 30.2 Å². The van der Waals surface area contributed by atoms with E-state index in [0.717, 1.165) is 16.9 Å². The maximum Gasteiger partial charge on any atom is 0.235 e. The fourth-order valence-electron chi connectivity index (χ4n) is 2.10. The summed E-state index contributed by atoms with van der Waals surface area (Å²) in [6.45, 7) is 2.14. The number of carbonyl (C=O) groups excluding carboxylic acids is 1. The molecule has 0 aliphatic heterocycles. The molecule has 0 aliphatic carbocycles. The number of amides is 1. The third kappa shape index (κ3) is 5.21. The molecule has 0 aromatic heterocycles. The summed E-state index contributed by atoms with van der Waals surface area (Å²) in [5, 5.41) is 2.27. The molecule has 1 amide bonds. The van der Waals surface area contributed by atoms with Crippen molar-refractivity contribution in [2.24, 2.45) is 0 Å². The van der Waals surface area contributed by atoms with Gasteiger partial charge in [0.05, 0.1) is 7.11 Å². The standard InChI is InChI=1S/C18H21NO3S/c1-14(18(20)19-12-15-7-4-3-5-8-15)23(21)13-16-9-6-10-17(11-16)22-2/h3-11,14H,12-13H2,1-2H3,(H,19,20)/t14-,23-/m1/s1. The van der Waals surface area contributed by atoms with Gasteiger partial charge >= 0.3 is 0 Å². The van der Waals surface area contributed by atoms with Gasteiger partial charge in [0.15, 0.2) is 0 Å². The molecule has 5 heteroatoms. The second-order valence-electron chi connectivity index (χ2n) is 5.22. The summed E-state index contributed by atoms with van der Waals surface area (Å²) in [5.41, 5.74) is 1.91. The van der Waals surface area contributed by atoms with Crippen molar-refractivity contribution in [3.8, 4) is 5.75 Å². The van der Waals surface area contributed by atoms with E-state index in [1.807, 2.05) is 54.6 Å². The molecule has 2 rings (SSSR count). The van der Waals surface area contributed by atoms with Crippen molar-refractivity contribution in [3.63, 3.8) is 0 Å². The molecule has 2 atom stereocenters. The van der Waals surface area contributed by atoms with Gasteiger partial charge in [0.2, 0.25) is 5.91 Å². The van der Waals surface area contributed by atoms with Crippen LogP contribution in [0.5, 0.6) is 5.75 Å². The number of carbonyl (C=O) groups is 1. The lowest BCUT2D eigenvalue weighted by Crippen LogP contribution is -2.35. The minimum absolute atomic E-state index is 0.199. The van der Waals surface area contributed by atoms with E-state index >= 15 is 0 Å². The molecule has 23 heavy (non-hydrogen) atoms. The number of hydrogen-bond donors (Lipinski definition) is 1. The number of methoxy groups -OCH3 is 1. The van der Waals surface area contributed by atoms with E-state index in [0.29, 0.717) is 12.3 Å². The van der Waals surface area contributed by atoms with E-state index in [1.54, 1.807) is 14.0 Å². The topological polar surface area (TPSA) is 55.4 Å². The maximum atomic E-state index is 12.4. The first-order chi connectivity index (χ1) is 11.1. The highest BCUT2D eigenvalue weighted by molar-refractivity contribution is 7.85. The van der Waals surface area contributed by atoms with Crippen molar-refractivity contribution in [2.45, 2.75) is 24.5 Å². The van der Waals surface area contributed by atoms with Crippen LogP contribution in [0.2, 0.25) is 0 Å². The van der Waals surface area contributed by atoms with E-state index in [-0.39, 0.29) is 5.91 Å². The zero-order chi connectivity index (χ0) is 16.7. The van der Waals surface area contributed by atoms with Gasteiger partial charge in [0.25, 0.3) is 0 Å². The molecule has 122 valence electrons. The predicted molar refractivity (Wildman–Crippen MR) is 92.6 cm³/mol. The molecule has 0 aliphatic rings. The van der Waals surface area contributed by atoms with Gasteiger partial charge in [0, 0.05) is 23.1 Å². The summed E-state index contributed by atoms with van der Waals surface area (Å²) in [6.07, 6.45) is 0. The zero-order valence-electron chi connectivity index (χ0n) is 13.3. The summed E-state index contributed by atoms with van der Waals surface area (Å²) in [7, 11) is 0.311. The number of benzene rings is 2. The lowest BCUT2D eigenvalue weighted by atomic mass is 10.2. The molecule has 2 aromatic carbocycles. The van der Waals surface area contributed by atoms with Crippen LogP contribution in [0.4, 0.5) is 0 Å². The Kier molecular flexibility index (Phi) is 6.35. The fourth-order valence-corrected chi connectivity index (χ4v) is 3.18. The highest BCUT2D eigenvalue weighted by Gasteiger charge is 2.20. The summed E-state index contributed by atoms with van der Waals surface area (Å²) < 4.78 is 17.5. The molecular formula is C18H21NO3S. The summed E-state index contributed by atoms with van der Waals surface area (Å²) >= 11 is 0. The quantitative estimate of drug-likeness (QED) is 0.848. The molecule has 4 nitrogen and oxygen atoms in total. The van der Waals surface area contributed by atoms with Crippen LogP contribution in [-0.4, -0.2) is 22.5 Å². The average Bonchev–Trinajstić information content (AvgIpc) is 2.60. The Bertz CT molecular complexity index is 673. The highest BCUT2D eigenvalue weighted by atomic mass is 32.2. The first-order valence-corrected chi connectivity index (χ1v) is 8.80. The van der Waals surface area contributed by atoms with Gasteiger partial charge in [-0.1, -0.05) is 42.5 Å². The average molecular weight is 331 g/mol. The van der Waals surface area contributed by atoms with Crippen molar-refractivity contribution >= 4 is 16.7 Å². The Balaban J connectivity index is 1.89. The number of nitrogens with one attached hydrogen (secondary N) is 1. The van der Waals surface area contributed by atoms with Crippen molar-refractivity contribution in [3.05, 3.63) is 65.7 Å². The number of ether oxygens (including phenoxy) is 1. The van der Waals surface area contributed by atoms with Crippen molar-refractivity contribution in [1.29, 1.82) is 0 Å². The van der Waals surface area contributed by atoms with E-state index in [1.165, 1.54) is 0 Å². The summed E-state index contributed by atoms with van der Waals surface area (Å²) in [5.74, 6) is 0.854. The third-order valence-corrected chi connectivity index (χ3v) is 5.14. The summed E-state index contributed by atoms with van der Waals surface area (Å²) in [6, 6.07) is 17.1. The minimum atomic E-state index is -1.28. The van der Waals surface area contributed by atoms with Crippen molar-refractivity contribution in [1.82, 2.24) is 5.32 Å². The first-order valence-electron chi connectivity index (χ1n) is 7.42. The molecule has 0 heterocycles. The van der Waals surface area contributed by atoms with E-state index in [9.17, 15) is 9.00 Å². The molecule has 0 spiro atoms. The van der Waals surface area contributed by atoms with Crippen LogP contribution >= 0.6 is 0 Å².